The third kappa shape index (κ3) is 4.22. The van der Waals surface area contributed by atoms with Gasteiger partial charge in [0.25, 0.3) is 0 Å². The number of carbonyl (C=O) groups excluding carboxylic acids is 1. The number of nitrogens with one attached hydrogen (secondary N) is 1. The number of ether oxygens (including phenoxy) is 1. The highest BCUT2D eigenvalue weighted by Gasteiger charge is 2.19. The van der Waals surface area contributed by atoms with E-state index in [0.717, 1.165) is 16.5 Å². The van der Waals surface area contributed by atoms with E-state index in [1.165, 1.54) is 16.5 Å². The van der Waals surface area contributed by atoms with Crippen molar-refractivity contribution in [2.24, 2.45) is 0 Å². The molecule has 0 aliphatic carbocycles. The summed E-state index contributed by atoms with van der Waals surface area (Å²) >= 11 is 0. The molecule has 4 aromatic rings. The molecule has 0 bridgehead atoms. The SMILES string of the molecule is Cc1cccc2cc[nH]c12.Cc1cccc2ccn(C(=O)OC(C)(C)C)c12. The molecule has 0 saturated carbocycles. The fourth-order valence-corrected chi connectivity index (χ4v) is 3.08. The molecular weight excluding hydrogens is 336 g/mol. The third-order valence-corrected chi connectivity index (χ3v) is 4.30. The molecule has 0 fully saturated rings. The Morgan fingerprint density at radius 2 is 1.59 bits per heavy atom. The zero-order valence-corrected chi connectivity index (χ0v) is 16.5. The zero-order valence-electron chi connectivity index (χ0n) is 16.5. The van der Waals surface area contributed by atoms with Crippen molar-refractivity contribution >= 4 is 27.9 Å². The van der Waals surface area contributed by atoms with Crippen LogP contribution in [0.1, 0.15) is 31.9 Å². The van der Waals surface area contributed by atoms with E-state index < -0.39 is 5.60 Å². The van der Waals surface area contributed by atoms with Gasteiger partial charge in [0.15, 0.2) is 0 Å². The summed E-state index contributed by atoms with van der Waals surface area (Å²) < 4.78 is 6.93. The van der Waals surface area contributed by atoms with Gasteiger partial charge in [-0.05, 0) is 63.3 Å². The van der Waals surface area contributed by atoms with Crippen molar-refractivity contribution in [1.29, 1.82) is 0 Å². The predicted molar refractivity (Wildman–Crippen MR) is 111 cm³/mol. The highest BCUT2D eigenvalue weighted by Crippen LogP contribution is 2.21. The smallest absolute Gasteiger partial charge is 0.418 e. The third-order valence-electron chi connectivity index (χ3n) is 4.30. The number of rotatable bonds is 0. The fraction of sp³-hybridized carbons (Fsp3) is 0.261. The van der Waals surface area contributed by atoms with Crippen LogP contribution in [0.2, 0.25) is 0 Å². The topological polar surface area (TPSA) is 47.0 Å². The summed E-state index contributed by atoms with van der Waals surface area (Å²) in [6.45, 7) is 9.69. The van der Waals surface area contributed by atoms with Gasteiger partial charge in [-0.2, -0.15) is 0 Å². The molecule has 0 atom stereocenters. The van der Waals surface area contributed by atoms with Crippen LogP contribution in [0.4, 0.5) is 4.79 Å². The van der Waals surface area contributed by atoms with E-state index in [-0.39, 0.29) is 6.09 Å². The molecule has 2 aromatic heterocycles. The van der Waals surface area contributed by atoms with Crippen molar-refractivity contribution in [2.75, 3.05) is 0 Å². The van der Waals surface area contributed by atoms with Crippen molar-refractivity contribution in [3.63, 3.8) is 0 Å². The Kier molecular flexibility index (Phi) is 5.08. The van der Waals surface area contributed by atoms with Gasteiger partial charge in [-0.1, -0.05) is 36.4 Å². The van der Waals surface area contributed by atoms with Crippen LogP contribution in [0.5, 0.6) is 0 Å². The van der Waals surface area contributed by atoms with E-state index in [0.29, 0.717) is 0 Å². The number of fused-ring (bicyclic) bond motifs is 2. The number of para-hydroxylation sites is 2. The van der Waals surface area contributed by atoms with Gasteiger partial charge < -0.3 is 9.72 Å². The molecule has 0 spiro atoms. The molecule has 1 N–H and O–H groups in total. The van der Waals surface area contributed by atoms with E-state index >= 15 is 0 Å². The molecule has 2 aromatic carbocycles. The first-order chi connectivity index (χ1) is 12.8. The lowest BCUT2D eigenvalue weighted by molar-refractivity contribution is 0.0544. The molecule has 0 aliphatic rings. The number of hydrogen-bond acceptors (Lipinski definition) is 2. The Hall–Kier alpha value is -3.01. The molecule has 0 unspecified atom stereocenters. The van der Waals surface area contributed by atoms with Crippen molar-refractivity contribution in [2.45, 2.75) is 40.2 Å². The average Bonchev–Trinajstić information content (AvgIpc) is 3.21. The van der Waals surface area contributed by atoms with E-state index in [2.05, 4.69) is 36.2 Å². The molecule has 2 heterocycles. The number of aromatic nitrogens is 2. The van der Waals surface area contributed by atoms with Gasteiger partial charge in [0.05, 0.1) is 5.52 Å². The monoisotopic (exact) mass is 362 g/mol. The first-order valence-corrected chi connectivity index (χ1v) is 9.09. The van der Waals surface area contributed by atoms with Crippen LogP contribution >= 0.6 is 0 Å². The summed E-state index contributed by atoms with van der Waals surface area (Å²) in [5, 5.41) is 2.34. The lowest BCUT2D eigenvalue weighted by Gasteiger charge is -2.20. The quantitative estimate of drug-likeness (QED) is 0.404. The van der Waals surface area contributed by atoms with Gasteiger partial charge in [-0.15, -0.1) is 0 Å². The standard InChI is InChI=1S/C14H17NO2.C9H9N/c1-10-6-5-7-11-8-9-15(12(10)11)13(16)17-14(2,3)4;1-7-3-2-4-8-5-6-10-9(7)8/h5-9H,1-4H3;2-6,10H,1H3. The molecule has 4 rings (SSSR count). The minimum atomic E-state index is -0.476. The van der Waals surface area contributed by atoms with Crippen molar-refractivity contribution in [3.8, 4) is 0 Å². The Balaban J connectivity index is 0.000000177. The normalized spacial score (nSPS) is 11.3. The van der Waals surface area contributed by atoms with Gasteiger partial charge in [0.1, 0.15) is 5.60 Å². The summed E-state index contributed by atoms with van der Waals surface area (Å²) in [7, 11) is 0. The van der Waals surface area contributed by atoms with Crippen molar-refractivity contribution in [3.05, 3.63) is 72.1 Å². The van der Waals surface area contributed by atoms with Crippen LogP contribution in [-0.4, -0.2) is 21.2 Å². The number of benzene rings is 2. The maximum Gasteiger partial charge on any atom is 0.418 e. The first kappa shape index (κ1) is 18.8. The summed E-state index contributed by atoms with van der Waals surface area (Å²) in [5.41, 5.74) is 4.07. The largest absolute Gasteiger partial charge is 0.443 e. The maximum absolute atomic E-state index is 12.0. The highest BCUT2D eigenvalue weighted by atomic mass is 16.6. The molecule has 27 heavy (non-hydrogen) atoms. The van der Waals surface area contributed by atoms with E-state index in [9.17, 15) is 4.79 Å². The van der Waals surface area contributed by atoms with E-state index in [1.54, 1.807) is 10.8 Å². The number of H-pyrrole nitrogens is 1. The number of aryl methyl sites for hydroxylation is 2. The Morgan fingerprint density at radius 1 is 0.926 bits per heavy atom. The lowest BCUT2D eigenvalue weighted by atomic mass is 10.2. The lowest BCUT2D eigenvalue weighted by Crippen LogP contribution is -2.26. The van der Waals surface area contributed by atoms with Crippen LogP contribution in [-0.2, 0) is 4.74 Å². The molecule has 0 radical (unpaired) electrons. The predicted octanol–water partition coefficient (Wildman–Crippen LogP) is 6.21. The molecule has 0 saturated heterocycles. The van der Waals surface area contributed by atoms with E-state index in [4.69, 9.17) is 4.74 Å². The van der Waals surface area contributed by atoms with Crippen molar-refractivity contribution < 1.29 is 9.53 Å². The minimum Gasteiger partial charge on any atom is -0.443 e. The Morgan fingerprint density at radius 3 is 2.26 bits per heavy atom. The summed E-state index contributed by atoms with van der Waals surface area (Å²) in [6.07, 6.45) is 3.39. The maximum atomic E-state index is 12.0. The zero-order chi connectivity index (χ0) is 19.6. The first-order valence-electron chi connectivity index (χ1n) is 9.09. The minimum absolute atomic E-state index is 0.332. The van der Waals surface area contributed by atoms with Crippen LogP contribution in [0.3, 0.4) is 0 Å². The number of hydrogen-bond donors (Lipinski definition) is 1. The second-order valence-corrected chi connectivity index (χ2v) is 7.70. The Bertz CT molecular complexity index is 1080. The highest BCUT2D eigenvalue weighted by molar-refractivity contribution is 5.91. The fourth-order valence-electron chi connectivity index (χ4n) is 3.08. The van der Waals surface area contributed by atoms with Crippen LogP contribution in [0.15, 0.2) is 60.9 Å². The molecule has 4 nitrogen and oxygen atoms in total. The van der Waals surface area contributed by atoms with Gasteiger partial charge in [-0.3, -0.25) is 4.57 Å². The summed E-state index contributed by atoms with van der Waals surface area (Å²) in [4.78, 5) is 15.2. The number of aromatic amines is 1. The van der Waals surface area contributed by atoms with Gasteiger partial charge in [-0.25, -0.2) is 4.79 Å². The van der Waals surface area contributed by atoms with Gasteiger partial charge in [0, 0.05) is 23.3 Å². The molecule has 0 aliphatic heterocycles. The second-order valence-electron chi connectivity index (χ2n) is 7.70. The molecule has 4 heteroatoms. The van der Waals surface area contributed by atoms with Crippen molar-refractivity contribution in [1.82, 2.24) is 9.55 Å². The van der Waals surface area contributed by atoms with Crippen LogP contribution in [0, 0.1) is 13.8 Å². The van der Waals surface area contributed by atoms with E-state index in [1.807, 2.05) is 58.2 Å². The van der Waals surface area contributed by atoms with Gasteiger partial charge >= 0.3 is 6.09 Å². The number of carbonyl (C=O) groups is 1. The molecule has 0 amide bonds. The Labute approximate surface area is 159 Å². The second kappa shape index (κ2) is 7.31. The summed E-state index contributed by atoms with van der Waals surface area (Å²) in [6, 6.07) is 16.3. The van der Waals surface area contributed by atoms with Gasteiger partial charge in [0.2, 0.25) is 0 Å². The van der Waals surface area contributed by atoms with Crippen LogP contribution < -0.4 is 0 Å². The molecule has 140 valence electrons. The summed E-state index contributed by atoms with van der Waals surface area (Å²) in [5.74, 6) is 0. The molecular formula is C23H26N2O2. The average molecular weight is 362 g/mol. The number of nitrogens with zero attached hydrogens (tertiary/aromatic N) is 1. The van der Waals surface area contributed by atoms with Crippen LogP contribution in [0.25, 0.3) is 21.8 Å².